The molecule has 0 bridgehead atoms. The zero-order valence-corrected chi connectivity index (χ0v) is 14.3. The predicted octanol–water partition coefficient (Wildman–Crippen LogP) is 2.32. The van der Waals surface area contributed by atoms with Gasteiger partial charge in [-0.1, -0.05) is 6.07 Å². The van der Waals surface area contributed by atoms with E-state index in [1.54, 1.807) is 0 Å². The number of hydrogen-bond donors (Lipinski definition) is 2. The Hall–Kier alpha value is -0.370. The fourth-order valence-corrected chi connectivity index (χ4v) is 3.00. The number of piperidine rings is 1. The number of nitrogens with one attached hydrogen (secondary N) is 1. The van der Waals surface area contributed by atoms with Crippen molar-refractivity contribution in [1.29, 1.82) is 0 Å². The third-order valence-electron chi connectivity index (χ3n) is 3.41. The molecule has 1 amide bonds. The van der Waals surface area contributed by atoms with E-state index < -0.39 is 0 Å². The molecule has 1 saturated heterocycles. The minimum atomic E-state index is 0. The van der Waals surface area contributed by atoms with Crippen molar-refractivity contribution in [2.45, 2.75) is 12.8 Å². The van der Waals surface area contributed by atoms with Crippen molar-refractivity contribution < 1.29 is 4.79 Å². The molecule has 0 spiro atoms. The summed E-state index contributed by atoms with van der Waals surface area (Å²) in [5.74, 6) is 0.596. The van der Waals surface area contributed by atoms with Gasteiger partial charge >= 0.3 is 0 Å². The molecule has 1 atom stereocenters. The van der Waals surface area contributed by atoms with Gasteiger partial charge in [-0.05, 0) is 72.6 Å². The van der Waals surface area contributed by atoms with Crippen LogP contribution < -0.4 is 11.1 Å². The van der Waals surface area contributed by atoms with Crippen LogP contribution in [-0.2, 0) is 4.79 Å². The van der Waals surface area contributed by atoms with Gasteiger partial charge in [0.05, 0.1) is 6.54 Å². The van der Waals surface area contributed by atoms with Crippen LogP contribution in [0.4, 0.5) is 5.69 Å². The third kappa shape index (κ3) is 5.55. The van der Waals surface area contributed by atoms with Crippen molar-refractivity contribution in [3.63, 3.8) is 0 Å². The Morgan fingerprint density at radius 1 is 1.50 bits per heavy atom. The number of benzene rings is 1. The number of hydrogen-bond acceptors (Lipinski definition) is 3. The number of carbonyl (C=O) groups excluding carboxylic acids is 1. The van der Waals surface area contributed by atoms with Gasteiger partial charge in [-0.25, -0.2) is 0 Å². The van der Waals surface area contributed by atoms with Gasteiger partial charge in [0.2, 0.25) is 5.91 Å². The maximum absolute atomic E-state index is 12.0. The molecule has 20 heavy (non-hydrogen) atoms. The highest BCUT2D eigenvalue weighted by Crippen LogP contribution is 2.16. The molecule has 112 valence electrons. The molecule has 1 fully saturated rings. The van der Waals surface area contributed by atoms with Gasteiger partial charge in [-0.2, -0.15) is 0 Å². The molecule has 1 aliphatic rings. The Labute approximate surface area is 140 Å². The molecule has 1 heterocycles. The molecular formula is C14H21ClIN3O. The highest BCUT2D eigenvalue weighted by molar-refractivity contribution is 14.1. The van der Waals surface area contributed by atoms with Crippen molar-refractivity contribution >= 4 is 46.6 Å². The first kappa shape index (κ1) is 17.7. The van der Waals surface area contributed by atoms with Crippen LogP contribution in [0.3, 0.4) is 0 Å². The van der Waals surface area contributed by atoms with E-state index >= 15 is 0 Å². The van der Waals surface area contributed by atoms with Crippen molar-refractivity contribution in [1.82, 2.24) is 4.90 Å². The molecular weight excluding hydrogens is 389 g/mol. The van der Waals surface area contributed by atoms with Crippen LogP contribution >= 0.6 is 35.0 Å². The van der Waals surface area contributed by atoms with Crippen LogP contribution in [-0.4, -0.2) is 37.0 Å². The first-order chi connectivity index (χ1) is 9.17. The number of halogens is 2. The zero-order valence-electron chi connectivity index (χ0n) is 11.3. The summed E-state index contributed by atoms with van der Waals surface area (Å²) in [7, 11) is 0. The lowest BCUT2D eigenvalue weighted by Gasteiger charge is -2.31. The Balaban J connectivity index is 0.00000200. The molecule has 0 saturated carbocycles. The number of rotatable bonds is 4. The van der Waals surface area contributed by atoms with E-state index in [0.29, 0.717) is 12.5 Å². The Bertz CT molecular complexity index is 444. The van der Waals surface area contributed by atoms with Gasteiger partial charge in [-0.15, -0.1) is 12.4 Å². The van der Waals surface area contributed by atoms with Crippen LogP contribution in [0.2, 0.25) is 0 Å². The lowest BCUT2D eigenvalue weighted by molar-refractivity contribution is -0.117. The second kappa shape index (κ2) is 8.81. The molecule has 2 rings (SSSR count). The molecule has 4 nitrogen and oxygen atoms in total. The van der Waals surface area contributed by atoms with E-state index in [-0.39, 0.29) is 18.3 Å². The van der Waals surface area contributed by atoms with Crippen molar-refractivity contribution in [2.24, 2.45) is 11.7 Å². The van der Waals surface area contributed by atoms with Gasteiger partial charge in [-0.3, -0.25) is 9.69 Å². The van der Waals surface area contributed by atoms with E-state index in [2.05, 4.69) is 32.8 Å². The summed E-state index contributed by atoms with van der Waals surface area (Å²) in [5.41, 5.74) is 6.57. The van der Waals surface area contributed by atoms with E-state index in [1.807, 2.05) is 24.3 Å². The first-order valence-electron chi connectivity index (χ1n) is 6.65. The predicted molar refractivity (Wildman–Crippen MR) is 93.3 cm³/mol. The van der Waals surface area contributed by atoms with Crippen molar-refractivity contribution in [3.8, 4) is 0 Å². The topological polar surface area (TPSA) is 58.4 Å². The average molecular weight is 410 g/mol. The van der Waals surface area contributed by atoms with E-state index in [4.69, 9.17) is 5.73 Å². The van der Waals surface area contributed by atoms with Crippen LogP contribution in [0.5, 0.6) is 0 Å². The molecule has 1 aliphatic heterocycles. The van der Waals surface area contributed by atoms with Gasteiger partial charge in [0, 0.05) is 15.8 Å². The minimum Gasteiger partial charge on any atom is -0.330 e. The van der Waals surface area contributed by atoms with Gasteiger partial charge in [0.15, 0.2) is 0 Å². The normalized spacial score (nSPS) is 19.2. The Morgan fingerprint density at radius 2 is 2.30 bits per heavy atom. The van der Waals surface area contributed by atoms with Gasteiger partial charge in [0.1, 0.15) is 0 Å². The standard InChI is InChI=1S/C14H20IN3O.ClH/c15-12-4-1-5-13(7-12)17-14(19)10-18-6-2-3-11(8-16)9-18;/h1,4-5,7,11H,2-3,6,8-10,16H2,(H,17,19);1H. The number of carbonyl (C=O) groups is 1. The number of likely N-dealkylation sites (tertiary alicyclic amines) is 1. The number of nitrogens with two attached hydrogens (primary N) is 1. The summed E-state index contributed by atoms with van der Waals surface area (Å²) >= 11 is 2.24. The number of anilines is 1. The molecule has 1 aromatic rings. The highest BCUT2D eigenvalue weighted by atomic mass is 127. The third-order valence-corrected chi connectivity index (χ3v) is 4.08. The molecule has 0 aliphatic carbocycles. The van der Waals surface area contributed by atoms with Gasteiger partial charge < -0.3 is 11.1 Å². The van der Waals surface area contributed by atoms with Crippen molar-refractivity contribution in [3.05, 3.63) is 27.8 Å². The largest absolute Gasteiger partial charge is 0.330 e. The monoisotopic (exact) mass is 409 g/mol. The fourth-order valence-electron chi connectivity index (χ4n) is 2.46. The maximum atomic E-state index is 12.0. The number of nitrogens with zero attached hydrogens (tertiary/aromatic N) is 1. The Kier molecular flexibility index (Phi) is 7.79. The summed E-state index contributed by atoms with van der Waals surface area (Å²) in [4.78, 5) is 14.2. The van der Waals surface area contributed by atoms with Crippen LogP contribution in [0.1, 0.15) is 12.8 Å². The van der Waals surface area contributed by atoms with Crippen LogP contribution in [0, 0.1) is 9.49 Å². The van der Waals surface area contributed by atoms with Crippen LogP contribution in [0.25, 0.3) is 0 Å². The second-order valence-electron chi connectivity index (χ2n) is 5.04. The lowest BCUT2D eigenvalue weighted by Crippen LogP contribution is -2.42. The molecule has 6 heteroatoms. The summed E-state index contributed by atoms with van der Waals surface area (Å²) in [5, 5.41) is 2.95. The smallest absolute Gasteiger partial charge is 0.238 e. The minimum absolute atomic E-state index is 0. The fraction of sp³-hybridized carbons (Fsp3) is 0.500. The molecule has 1 aromatic carbocycles. The highest BCUT2D eigenvalue weighted by Gasteiger charge is 2.20. The summed E-state index contributed by atoms with van der Waals surface area (Å²) < 4.78 is 1.12. The maximum Gasteiger partial charge on any atom is 0.238 e. The first-order valence-corrected chi connectivity index (χ1v) is 7.73. The summed E-state index contributed by atoms with van der Waals surface area (Å²) in [6.45, 7) is 3.11. The Morgan fingerprint density at radius 3 is 3.00 bits per heavy atom. The van der Waals surface area contributed by atoms with E-state index in [1.165, 1.54) is 6.42 Å². The molecule has 0 aromatic heterocycles. The summed E-state index contributed by atoms with van der Waals surface area (Å²) in [6.07, 6.45) is 2.32. The molecule has 3 N–H and O–H groups in total. The quantitative estimate of drug-likeness (QED) is 0.751. The van der Waals surface area contributed by atoms with Crippen molar-refractivity contribution in [2.75, 3.05) is 31.5 Å². The second-order valence-corrected chi connectivity index (χ2v) is 6.28. The SMILES string of the molecule is Cl.NCC1CCCN(CC(=O)Nc2cccc(I)c2)C1. The molecule has 1 unspecified atom stereocenters. The van der Waals surface area contributed by atoms with Gasteiger partial charge in [0.25, 0.3) is 0 Å². The number of amides is 1. The zero-order chi connectivity index (χ0) is 13.7. The van der Waals surface area contributed by atoms with E-state index in [9.17, 15) is 4.79 Å². The lowest BCUT2D eigenvalue weighted by atomic mass is 9.98. The van der Waals surface area contributed by atoms with Crippen LogP contribution in [0.15, 0.2) is 24.3 Å². The average Bonchev–Trinajstić information content (AvgIpc) is 2.38. The van der Waals surface area contributed by atoms with E-state index in [0.717, 1.165) is 35.3 Å². The summed E-state index contributed by atoms with van der Waals surface area (Å²) in [6, 6.07) is 7.84. The molecule has 0 radical (unpaired) electrons.